The third-order valence-electron chi connectivity index (χ3n) is 9.56. The van der Waals surface area contributed by atoms with E-state index in [2.05, 4.69) is 84.1 Å². The number of benzene rings is 2. The molecule has 44 heavy (non-hydrogen) atoms. The Bertz CT molecular complexity index is 1200. The van der Waals surface area contributed by atoms with Crippen LogP contribution >= 0.6 is 11.6 Å². The molecule has 1 aliphatic rings. The second kappa shape index (κ2) is 15.9. The number of carbonyl (C=O) groups excluding carboxylic acids is 1. The average molecular weight is 643 g/mol. The van der Waals surface area contributed by atoms with E-state index < -0.39 is 8.32 Å². The average Bonchev–Trinajstić information content (AvgIpc) is 3.27. The van der Waals surface area contributed by atoms with Crippen molar-refractivity contribution in [2.45, 2.75) is 114 Å². The van der Waals surface area contributed by atoms with E-state index in [0.717, 1.165) is 37.0 Å². The minimum Gasteiger partial charge on any atom is -0.497 e. The van der Waals surface area contributed by atoms with Crippen molar-refractivity contribution in [2.24, 2.45) is 5.92 Å². The van der Waals surface area contributed by atoms with Crippen LogP contribution in [0.5, 0.6) is 5.75 Å². The number of hydrogen-bond acceptors (Lipinski definition) is 5. The molecular weight excluding hydrogens is 588 g/mol. The van der Waals surface area contributed by atoms with E-state index in [9.17, 15) is 4.79 Å². The predicted octanol–water partition coefficient (Wildman–Crippen LogP) is 9.58. The number of hydrogen-bond donors (Lipinski definition) is 0. The zero-order chi connectivity index (χ0) is 32.5. The van der Waals surface area contributed by atoms with Crippen LogP contribution in [0.2, 0.25) is 18.1 Å². The first-order valence-corrected chi connectivity index (χ1v) is 19.4. The second-order valence-electron chi connectivity index (χ2n) is 14.4. The van der Waals surface area contributed by atoms with Crippen LogP contribution in [0.15, 0.2) is 60.7 Å². The van der Waals surface area contributed by atoms with Gasteiger partial charge in [-0.1, -0.05) is 83.2 Å². The van der Waals surface area contributed by atoms with Crippen molar-refractivity contribution in [3.8, 4) is 5.75 Å². The zero-order valence-corrected chi connectivity index (χ0v) is 30.2. The van der Waals surface area contributed by atoms with Crippen LogP contribution in [-0.2, 0) is 30.7 Å². The Morgan fingerprint density at radius 3 is 2.23 bits per heavy atom. The Labute approximate surface area is 272 Å². The lowest BCUT2D eigenvalue weighted by Gasteiger charge is -2.40. The van der Waals surface area contributed by atoms with Gasteiger partial charge in [-0.2, -0.15) is 0 Å². The molecule has 5 nitrogen and oxygen atoms in total. The fourth-order valence-corrected chi connectivity index (χ4v) is 7.49. The highest BCUT2D eigenvalue weighted by atomic mass is 35.5. The van der Waals surface area contributed by atoms with Gasteiger partial charge >= 0.3 is 5.97 Å². The minimum absolute atomic E-state index is 0.0389. The summed E-state index contributed by atoms with van der Waals surface area (Å²) in [5.74, 6) is 1.18. The topological polar surface area (TPSA) is 54.0 Å². The number of allylic oxidation sites excluding steroid dienone is 2. The van der Waals surface area contributed by atoms with Crippen molar-refractivity contribution in [2.75, 3.05) is 20.8 Å². The van der Waals surface area contributed by atoms with Gasteiger partial charge in [0.15, 0.2) is 8.32 Å². The molecule has 4 atom stereocenters. The van der Waals surface area contributed by atoms with E-state index in [0.29, 0.717) is 19.6 Å². The molecule has 1 saturated carbocycles. The second-order valence-corrected chi connectivity index (χ2v) is 19.7. The molecule has 3 rings (SSSR count). The highest BCUT2D eigenvalue weighted by molar-refractivity contribution is 6.74. The fraction of sp³-hybridized carbons (Fsp3) is 0.595. The summed E-state index contributed by atoms with van der Waals surface area (Å²) in [7, 11) is 1.11. The standard InChI is InChI=1S/C37H55ClO5Si/c1-36(2,3)44(8,9)43-33-24-32(38)31(14-12-10-11-13-15-34(39)41-7)35(33)28-18-20-29(21-19-28)37(4,5)26-42-25-27-16-22-30(40-6)23-17-27/h10,12,16-23,31-33,35H,11,13-15,24-26H2,1-9H3/b12-10-/t31?,32-,33+,35-/m1/s1. The van der Waals surface area contributed by atoms with Crippen LogP contribution in [0.1, 0.15) is 89.3 Å². The lowest BCUT2D eigenvalue weighted by atomic mass is 9.81. The van der Waals surface area contributed by atoms with E-state index in [1.54, 1.807) is 7.11 Å². The molecule has 7 heteroatoms. The van der Waals surface area contributed by atoms with Gasteiger partial charge in [-0.05, 0) is 78.6 Å². The molecule has 244 valence electrons. The normalized spacial score (nSPS) is 21.1. The van der Waals surface area contributed by atoms with Gasteiger partial charge in [0, 0.05) is 23.1 Å². The summed E-state index contributed by atoms with van der Waals surface area (Å²) >= 11 is 7.11. The predicted molar refractivity (Wildman–Crippen MR) is 184 cm³/mol. The summed E-state index contributed by atoms with van der Waals surface area (Å²) in [4.78, 5) is 11.4. The number of rotatable bonds is 15. The maximum atomic E-state index is 11.4. The minimum atomic E-state index is -2.00. The first-order chi connectivity index (χ1) is 20.7. The quantitative estimate of drug-likeness (QED) is 0.0636. The van der Waals surface area contributed by atoms with Gasteiger partial charge < -0.3 is 18.6 Å². The van der Waals surface area contributed by atoms with E-state index in [-0.39, 0.29) is 39.7 Å². The molecule has 2 aromatic carbocycles. The third-order valence-corrected chi connectivity index (χ3v) is 14.6. The van der Waals surface area contributed by atoms with Crippen molar-refractivity contribution >= 4 is 25.9 Å². The molecule has 0 saturated heterocycles. The van der Waals surface area contributed by atoms with Crippen molar-refractivity contribution in [1.82, 2.24) is 0 Å². The van der Waals surface area contributed by atoms with Crippen molar-refractivity contribution < 1.29 is 23.4 Å². The fourth-order valence-electron chi connectivity index (χ4n) is 5.70. The molecule has 1 aliphatic carbocycles. The Kier molecular flexibility index (Phi) is 13.2. The summed E-state index contributed by atoms with van der Waals surface area (Å²) < 4.78 is 23.3. The van der Waals surface area contributed by atoms with E-state index in [1.807, 2.05) is 24.3 Å². The number of alkyl halides is 1. The van der Waals surface area contributed by atoms with Crippen LogP contribution in [0, 0.1) is 5.92 Å². The maximum Gasteiger partial charge on any atom is 0.305 e. The molecule has 0 aromatic heterocycles. The number of methoxy groups -OCH3 is 2. The van der Waals surface area contributed by atoms with Gasteiger partial charge in [0.05, 0.1) is 33.5 Å². The lowest BCUT2D eigenvalue weighted by molar-refractivity contribution is -0.140. The van der Waals surface area contributed by atoms with Gasteiger partial charge in [0.25, 0.3) is 0 Å². The molecule has 0 aliphatic heterocycles. The maximum absolute atomic E-state index is 11.4. The largest absolute Gasteiger partial charge is 0.497 e. The van der Waals surface area contributed by atoms with Crippen LogP contribution in [0.3, 0.4) is 0 Å². The Balaban J connectivity index is 1.74. The van der Waals surface area contributed by atoms with Crippen LogP contribution < -0.4 is 4.74 Å². The van der Waals surface area contributed by atoms with Gasteiger partial charge in [-0.3, -0.25) is 4.79 Å². The number of carbonyl (C=O) groups is 1. The summed E-state index contributed by atoms with van der Waals surface area (Å²) in [5, 5.41) is 0.161. The Hall–Kier alpha value is -2.12. The van der Waals surface area contributed by atoms with Gasteiger partial charge in [-0.25, -0.2) is 0 Å². The Morgan fingerprint density at radius 1 is 0.977 bits per heavy atom. The summed E-state index contributed by atoms with van der Waals surface area (Å²) in [6.45, 7) is 17.2. The van der Waals surface area contributed by atoms with Crippen molar-refractivity contribution in [3.05, 3.63) is 77.4 Å². The monoisotopic (exact) mass is 642 g/mol. The van der Waals surface area contributed by atoms with E-state index in [1.165, 1.54) is 18.2 Å². The molecule has 0 amide bonds. The summed E-state index contributed by atoms with van der Waals surface area (Å²) in [6.07, 6.45) is 8.35. The number of esters is 1. The number of ether oxygens (including phenoxy) is 3. The molecule has 0 heterocycles. The van der Waals surface area contributed by atoms with Gasteiger partial charge in [-0.15, -0.1) is 11.6 Å². The highest BCUT2D eigenvalue weighted by Gasteiger charge is 2.48. The summed E-state index contributed by atoms with van der Waals surface area (Å²) in [6, 6.07) is 17.1. The molecule has 1 fully saturated rings. The van der Waals surface area contributed by atoms with E-state index in [4.69, 9.17) is 30.2 Å². The molecule has 0 radical (unpaired) electrons. The van der Waals surface area contributed by atoms with Crippen molar-refractivity contribution in [3.63, 3.8) is 0 Å². The highest BCUT2D eigenvalue weighted by Crippen LogP contribution is 2.49. The van der Waals surface area contributed by atoms with E-state index >= 15 is 0 Å². The zero-order valence-electron chi connectivity index (χ0n) is 28.5. The summed E-state index contributed by atoms with van der Waals surface area (Å²) in [5.41, 5.74) is 3.53. The van der Waals surface area contributed by atoms with Crippen LogP contribution in [-0.4, -0.2) is 46.6 Å². The first-order valence-electron chi connectivity index (χ1n) is 16.0. The molecule has 1 unspecified atom stereocenters. The molecule has 0 bridgehead atoms. The van der Waals surface area contributed by atoms with Crippen LogP contribution in [0.4, 0.5) is 0 Å². The smallest absolute Gasteiger partial charge is 0.305 e. The SMILES string of the molecule is COC(=O)CCC/C=C\CC1[C@H](Cl)C[C@H](O[Si](C)(C)C(C)(C)C)[C@@H]1c1ccc(C(C)(C)COCc2ccc(OC)cc2)cc1. The van der Waals surface area contributed by atoms with Crippen LogP contribution in [0.25, 0.3) is 0 Å². The first kappa shape index (κ1) is 36.3. The molecular formula is C37H55ClO5Si. The molecule has 0 N–H and O–H groups in total. The molecule has 0 spiro atoms. The number of unbranched alkanes of at least 4 members (excludes halogenated alkanes) is 1. The van der Waals surface area contributed by atoms with Gasteiger partial charge in [0.1, 0.15) is 5.75 Å². The molecule has 2 aromatic rings. The Morgan fingerprint density at radius 2 is 1.64 bits per heavy atom. The lowest BCUT2D eigenvalue weighted by Crippen LogP contribution is -2.44. The third kappa shape index (κ3) is 9.94. The van der Waals surface area contributed by atoms with Gasteiger partial charge in [0.2, 0.25) is 0 Å². The van der Waals surface area contributed by atoms with Crippen molar-refractivity contribution in [1.29, 1.82) is 0 Å². The number of halogens is 1.